The molecule has 0 spiro atoms. The van der Waals surface area contributed by atoms with E-state index in [-0.39, 0.29) is 11.9 Å². The number of aromatic nitrogens is 1. The van der Waals surface area contributed by atoms with Crippen LogP contribution < -0.4 is 10.6 Å². The number of rotatable bonds is 7. The molecule has 4 aromatic rings. The first-order valence-electron chi connectivity index (χ1n) is 9.96. The van der Waals surface area contributed by atoms with Crippen molar-refractivity contribution in [2.24, 2.45) is 0 Å². The molecule has 30 heavy (non-hydrogen) atoms. The molecule has 0 aliphatic heterocycles. The van der Waals surface area contributed by atoms with Gasteiger partial charge in [-0.3, -0.25) is 4.79 Å². The lowest BCUT2D eigenvalue weighted by molar-refractivity contribution is 0.102. The highest BCUT2D eigenvalue weighted by atomic mass is 32.1. The fourth-order valence-electron chi connectivity index (χ4n) is 3.29. The molecule has 0 radical (unpaired) electrons. The summed E-state index contributed by atoms with van der Waals surface area (Å²) < 4.78 is 0. The largest absolute Gasteiger partial charge is 0.359 e. The molecular formula is C25H23N3OS. The van der Waals surface area contributed by atoms with Crippen molar-refractivity contribution < 1.29 is 4.79 Å². The van der Waals surface area contributed by atoms with E-state index in [1.165, 1.54) is 4.88 Å². The van der Waals surface area contributed by atoms with Crippen molar-refractivity contribution in [2.45, 2.75) is 19.4 Å². The van der Waals surface area contributed by atoms with Crippen LogP contribution in [0.2, 0.25) is 0 Å². The maximum absolute atomic E-state index is 12.8. The van der Waals surface area contributed by atoms with Crippen LogP contribution >= 0.6 is 11.3 Å². The quantitative estimate of drug-likeness (QED) is 0.381. The van der Waals surface area contributed by atoms with Gasteiger partial charge >= 0.3 is 0 Å². The maximum atomic E-state index is 12.8. The smallest absolute Gasteiger partial charge is 0.256 e. The molecule has 2 N–H and O–H groups in total. The van der Waals surface area contributed by atoms with E-state index < -0.39 is 0 Å². The number of hydrogen-bond donors (Lipinski definition) is 2. The number of carbonyl (C=O) groups is 1. The third kappa shape index (κ3) is 4.58. The summed E-state index contributed by atoms with van der Waals surface area (Å²) in [5.74, 6) is 0.682. The molecular weight excluding hydrogens is 390 g/mol. The van der Waals surface area contributed by atoms with Gasteiger partial charge in [-0.1, -0.05) is 61.5 Å². The Kier molecular flexibility index (Phi) is 6.20. The van der Waals surface area contributed by atoms with Gasteiger partial charge in [0.15, 0.2) is 0 Å². The van der Waals surface area contributed by atoms with Crippen LogP contribution in [0.3, 0.4) is 0 Å². The van der Waals surface area contributed by atoms with Gasteiger partial charge in [0.25, 0.3) is 5.91 Å². The van der Waals surface area contributed by atoms with E-state index in [2.05, 4.69) is 40.7 Å². The molecule has 0 aliphatic carbocycles. The number of pyridine rings is 1. The monoisotopic (exact) mass is 413 g/mol. The minimum absolute atomic E-state index is 0.106. The summed E-state index contributed by atoms with van der Waals surface area (Å²) in [6, 6.07) is 27.4. The second-order valence-electron chi connectivity index (χ2n) is 6.87. The predicted molar refractivity (Wildman–Crippen MR) is 124 cm³/mol. The van der Waals surface area contributed by atoms with Gasteiger partial charge in [-0.25, -0.2) is 4.98 Å². The molecule has 2 heterocycles. The van der Waals surface area contributed by atoms with Crippen LogP contribution in [0.4, 0.5) is 10.8 Å². The number of amides is 1. The molecule has 4 rings (SSSR count). The van der Waals surface area contributed by atoms with Gasteiger partial charge < -0.3 is 10.6 Å². The number of benzene rings is 2. The Morgan fingerprint density at radius 2 is 1.67 bits per heavy atom. The van der Waals surface area contributed by atoms with Gasteiger partial charge in [-0.05, 0) is 42.3 Å². The number of nitrogens with one attached hydrogen (secondary N) is 2. The van der Waals surface area contributed by atoms with E-state index in [1.54, 1.807) is 17.5 Å². The Morgan fingerprint density at radius 1 is 0.967 bits per heavy atom. The first-order chi connectivity index (χ1) is 14.7. The average Bonchev–Trinajstić information content (AvgIpc) is 3.22. The van der Waals surface area contributed by atoms with Crippen molar-refractivity contribution in [3.8, 4) is 0 Å². The van der Waals surface area contributed by atoms with Gasteiger partial charge in [0.2, 0.25) is 0 Å². The minimum Gasteiger partial charge on any atom is -0.359 e. The first-order valence-corrected chi connectivity index (χ1v) is 10.8. The molecule has 0 bridgehead atoms. The second kappa shape index (κ2) is 9.37. The van der Waals surface area contributed by atoms with Crippen LogP contribution in [0.5, 0.6) is 0 Å². The normalized spacial score (nSPS) is 11.6. The van der Waals surface area contributed by atoms with Gasteiger partial charge in [-0.15, -0.1) is 11.3 Å². The van der Waals surface area contributed by atoms with E-state index in [4.69, 9.17) is 0 Å². The van der Waals surface area contributed by atoms with Gasteiger partial charge in [-0.2, -0.15) is 0 Å². The third-order valence-corrected chi connectivity index (χ3v) is 6.03. The number of thiophene rings is 1. The molecule has 150 valence electrons. The summed E-state index contributed by atoms with van der Waals surface area (Å²) >= 11 is 1.62. The van der Waals surface area contributed by atoms with E-state index in [0.29, 0.717) is 5.56 Å². The molecule has 5 heteroatoms. The molecule has 2 aromatic heterocycles. The molecule has 0 unspecified atom stereocenters. The zero-order valence-electron chi connectivity index (χ0n) is 16.7. The molecule has 4 nitrogen and oxygen atoms in total. The third-order valence-electron chi connectivity index (χ3n) is 4.82. The standard InChI is InChI=1S/C25H23N3OS/c1-2-20-17-21(25(30-20)28-24(29)19-13-7-4-8-14-19)23(18-11-5-3-6-12-18)27-22-15-9-10-16-26-22/h3-17,23H,2H2,1H3,(H,26,27)(H,28,29)/t23-/m1/s1. The summed E-state index contributed by atoms with van der Waals surface area (Å²) in [5, 5.41) is 7.54. The Hall–Kier alpha value is -3.44. The van der Waals surface area contributed by atoms with E-state index in [1.807, 2.05) is 66.7 Å². The fraction of sp³-hybridized carbons (Fsp3) is 0.120. The van der Waals surface area contributed by atoms with Crippen molar-refractivity contribution >= 4 is 28.1 Å². The van der Waals surface area contributed by atoms with Crippen molar-refractivity contribution in [1.29, 1.82) is 0 Å². The molecule has 0 saturated carbocycles. The highest BCUT2D eigenvalue weighted by Crippen LogP contribution is 2.38. The Bertz CT molecular complexity index is 1100. The summed E-state index contributed by atoms with van der Waals surface area (Å²) in [7, 11) is 0. The highest BCUT2D eigenvalue weighted by Gasteiger charge is 2.22. The summed E-state index contributed by atoms with van der Waals surface area (Å²) in [6.07, 6.45) is 2.68. The summed E-state index contributed by atoms with van der Waals surface area (Å²) in [4.78, 5) is 18.5. The molecule has 1 amide bonds. The van der Waals surface area contributed by atoms with Crippen molar-refractivity contribution in [1.82, 2.24) is 4.98 Å². The Balaban J connectivity index is 1.72. The molecule has 0 aliphatic rings. The number of hydrogen-bond acceptors (Lipinski definition) is 4. The molecule has 1 atom stereocenters. The van der Waals surface area contributed by atoms with Crippen molar-refractivity contribution in [3.05, 3.63) is 113 Å². The highest BCUT2D eigenvalue weighted by molar-refractivity contribution is 7.16. The summed E-state index contributed by atoms with van der Waals surface area (Å²) in [6.45, 7) is 2.13. The average molecular weight is 414 g/mol. The van der Waals surface area contributed by atoms with E-state index in [9.17, 15) is 4.79 Å². The first kappa shape index (κ1) is 19.9. The Morgan fingerprint density at radius 3 is 2.33 bits per heavy atom. The molecule has 2 aromatic carbocycles. The maximum Gasteiger partial charge on any atom is 0.256 e. The lowest BCUT2D eigenvalue weighted by Gasteiger charge is -2.21. The SMILES string of the molecule is CCc1cc([C@H](Nc2ccccn2)c2ccccc2)c(NC(=O)c2ccccc2)s1. The van der Waals surface area contributed by atoms with E-state index >= 15 is 0 Å². The number of nitrogens with zero attached hydrogens (tertiary/aromatic N) is 1. The van der Waals surface area contributed by atoms with Gasteiger partial charge in [0, 0.05) is 22.2 Å². The van der Waals surface area contributed by atoms with Crippen LogP contribution in [0.1, 0.15) is 39.3 Å². The molecule has 0 saturated heterocycles. The number of anilines is 2. The topological polar surface area (TPSA) is 54.0 Å². The minimum atomic E-state index is -0.135. The van der Waals surface area contributed by atoms with Crippen LogP contribution in [0, 0.1) is 0 Å². The van der Waals surface area contributed by atoms with Crippen molar-refractivity contribution in [3.63, 3.8) is 0 Å². The number of aryl methyl sites for hydroxylation is 1. The molecule has 0 fully saturated rings. The van der Waals surface area contributed by atoms with Crippen LogP contribution in [0.25, 0.3) is 0 Å². The van der Waals surface area contributed by atoms with Crippen LogP contribution in [-0.2, 0) is 6.42 Å². The Labute approximate surface area is 180 Å². The van der Waals surface area contributed by atoms with Crippen LogP contribution in [-0.4, -0.2) is 10.9 Å². The lowest BCUT2D eigenvalue weighted by atomic mass is 9.99. The fourth-order valence-corrected chi connectivity index (χ4v) is 4.32. The lowest BCUT2D eigenvalue weighted by Crippen LogP contribution is -2.17. The van der Waals surface area contributed by atoms with Crippen molar-refractivity contribution in [2.75, 3.05) is 10.6 Å². The predicted octanol–water partition coefficient (Wildman–Crippen LogP) is 6.16. The van der Waals surface area contributed by atoms with Gasteiger partial charge in [0.1, 0.15) is 10.8 Å². The summed E-state index contributed by atoms with van der Waals surface area (Å²) in [5.41, 5.74) is 2.79. The second-order valence-corrected chi connectivity index (χ2v) is 8.01. The zero-order valence-corrected chi connectivity index (χ0v) is 17.5. The number of carbonyl (C=O) groups excluding carboxylic acids is 1. The van der Waals surface area contributed by atoms with Crippen LogP contribution in [0.15, 0.2) is 91.1 Å². The van der Waals surface area contributed by atoms with Gasteiger partial charge in [0.05, 0.1) is 6.04 Å². The zero-order chi connectivity index (χ0) is 20.8. The van der Waals surface area contributed by atoms with E-state index in [0.717, 1.165) is 28.4 Å².